The van der Waals surface area contributed by atoms with Crippen molar-refractivity contribution in [2.75, 3.05) is 13.2 Å². The molecule has 1 N–H and O–H groups in total. The maximum atomic E-state index is 12.0. The smallest absolute Gasteiger partial charge is 0.240 e. The fourth-order valence-corrected chi connectivity index (χ4v) is 3.28. The van der Waals surface area contributed by atoms with Crippen LogP contribution in [-0.2, 0) is 28.5 Å². The van der Waals surface area contributed by atoms with Crippen LogP contribution in [0, 0.1) is 0 Å². The molecular formula is C17H28N2O6. The molecule has 0 aromatic rings. The molecule has 0 unspecified atom stereocenters. The monoisotopic (exact) mass is 356 g/mol. The Bertz CT molecular complexity index is 559. The van der Waals surface area contributed by atoms with Crippen LogP contribution in [-0.4, -0.2) is 54.4 Å². The first-order valence-electron chi connectivity index (χ1n) is 8.87. The number of unbranched alkanes of at least 4 members (excludes halogenated alkanes) is 1. The molecule has 0 bridgehead atoms. The Morgan fingerprint density at radius 1 is 1.20 bits per heavy atom. The van der Waals surface area contributed by atoms with E-state index in [1.807, 2.05) is 34.6 Å². The van der Waals surface area contributed by atoms with Crippen LogP contribution < -0.4 is 5.43 Å². The maximum Gasteiger partial charge on any atom is 0.240 e. The van der Waals surface area contributed by atoms with Gasteiger partial charge in [0.25, 0.3) is 0 Å². The summed E-state index contributed by atoms with van der Waals surface area (Å²) in [5, 5.41) is 4.33. The molecule has 0 aromatic carbocycles. The van der Waals surface area contributed by atoms with Gasteiger partial charge in [-0.15, -0.1) is 0 Å². The van der Waals surface area contributed by atoms with Crippen molar-refractivity contribution >= 4 is 11.6 Å². The number of nitrogens with one attached hydrogen (secondary N) is 1. The molecule has 3 rings (SSSR count). The molecule has 1 spiro atoms. The third-order valence-corrected chi connectivity index (χ3v) is 4.40. The topological polar surface area (TPSA) is 87.6 Å². The second kappa shape index (κ2) is 6.59. The number of carbonyl (C=O) groups is 1. The molecule has 3 fully saturated rings. The van der Waals surface area contributed by atoms with Crippen molar-refractivity contribution in [2.24, 2.45) is 5.10 Å². The largest absolute Gasteiger partial charge is 0.344 e. The second-order valence-electron chi connectivity index (χ2n) is 7.58. The van der Waals surface area contributed by atoms with Gasteiger partial charge in [-0.2, -0.15) is 5.10 Å². The van der Waals surface area contributed by atoms with Crippen molar-refractivity contribution < 1.29 is 28.5 Å². The first kappa shape index (κ1) is 18.7. The molecule has 8 heteroatoms. The molecule has 25 heavy (non-hydrogen) atoms. The molecule has 8 nitrogen and oxygen atoms in total. The van der Waals surface area contributed by atoms with Crippen LogP contribution in [0.3, 0.4) is 0 Å². The molecule has 3 aliphatic heterocycles. The predicted molar refractivity (Wildman–Crippen MR) is 88.7 cm³/mol. The van der Waals surface area contributed by atoms with E-state index in [-0.39, 0.29) is 18.6 Å². The van der Waals surface area contributed by atoms with Crippen LogP contribution in [0.5, 0.6) is 0 Å². The van der Waals surface area contributed by atoms with Gasteiger partial charge in [-0.1, -0.05) is 13.3 Å². The number of amides is 1. The lowest BCUT2D eigenvalue weighted by Gasteiger charge is -2.38. The Balaban J connectivity index is 1.85. The average Bonchev–Trinajstić information content (AvgIpc) is 3.00. The number of hydrogen-bond acceptors (Lipinski definition) is 7. The molecule has 142 valence electrons. The Morgan fingerprint density at radius 2 is 1.96 bits per heavy atom. The van der Waals surface area contributed by atoms with Gasteiger partial charge in [-0.25, -0.2) is 5.43 Å². The van der Waals surface area contributed by atoms with Gasteiger partial charge in [0.2, 0.25) is 11.7 Å². The third-order valence-electron chi connectivity index (χ3n) is 4.40. The van der Waals surface area contributed by atoms with Gasteiger partial charge >= 0.3 is 0 Å². The number of rotatable bonds is 4. The minimum Gasteiger partial charge on any atom is -0.344 e. The van der Waals surface area contributed by atoms with E-state index in [1.165, 1.54) is 0 Å². The number of fused-ring (bicyclic) bond motifs is 1. The minimum absolute atomic E-state index is 0.150. The lowest BCUT2D eigenvalue weighted by Crippen LogP contribution is -2.59. The van der Waals surface area contributed by atoms with E-state index < -0.39 is 23.5 Å². The highest BCUT2D eigenvalue weighted by Crippen LogP contribution is 2.42. The summed E-state index contributed by atoms with van der Waals surface area (Å²) >= 11 is 0. The van der Waals surface area contributed by atoms with E-state index in [0.717, 1.165) is 12.8 Å². The first-order chi connectivity index (χ1) is 11.7. The summed E-state index contributed by atoms with van der Waals surface area (Å²) in [6.07, 6.45) is 1.40. The Labute approximate surface area is 148 Å². The Kier molecular flexibility index (Phi) is 4.93. The summed E-state index contributed by atoms with van der Waals surface area (Å²) in [6, 6.07) is 0. The van der Waals surface area contributed by atoms with Crippen molar-refractivity contribution in [2.45, 2.75) is 83.5 Å². The third kappa shape index (κ3) is 3.88. The van der Waals surface area contributed by atoms with E-state index in [1.54, 1.807) is 0 Å². The van der Waals surface area contributed by atoms with Gasteiger partial charge in [0.05, 0.1) is 6.61 Å². The van der Waals surface area contributed by atoms with Gasteiger partial charge in [0, 0.05) is 6.42 Å². The van der Waals surface area contributed by atoms with E-state index in [4.69, 9.17) is 23.7 Å². The molecular weight excluding hydrogens is 328 g/mol. The minimum atomic E-state index is -1.17. The number of hydrazone groups is 1. The zero-order valence-corrected chi connectivity index (χ0v) is 15.6. The normalized spacial score (nSPS) is 37.4. The molecule has 0 saturated carbocycles. The summed E-state index contributed by atoms with van der Waals surface area (Å²) in [5.41, 5.74) is 3.05. The summed E-state index contributed by atoms with van der Waals surface area (Å²) in [4.78, 5) is 12.0. The zero-order valence-electron chi connectivity index (χ0n) is 15.6. The van der Waals surface area contributed by atoms with Gasteiger partial charge in [-0.05, 0) is 34.1 Å². The lowest BCUT2D eigenvalue weighted by molar-refractivity contribution is -0.236. The first-order valence-corrected chi connectivity index (χ1v) is 8.87. The molecule has 3 saturated heterocycles. The quantitative estimate of drug-likeness (QED) is 0.771. The summed E-state index contributed by atoms with van der Waals surface area (Å²) in [6.45, 7) is 9.81. The van der Waals surface area contributed by atoms with Crippen molar-refractivity contribution in [3.05, 3.63) is 0 Å². The lowest BCUT2D eigenvalue weighted by atomic mass is 9.98. The van der Waals surface area contributed by atoms with Gasteiger partial charge < -0.3 is 23.7 Å². The summed E-state index contributed by atoms with van der Waals surface area (Å²) < 4.78 is 29.6. The van der Waals surface area contributed by atoms with Crippen LogP contribution in [0.25, 0.3) is 0 Å². The fraction of sp³-hybridized carbons (Fsp3) is 0.882. The Hall–Kier alpha value is -1.06. The molecule has 3 atom stereocenters. The van der Waals surface area contributed by atoms with Gasteiger partial charge in [0.15, 0.2) is 11.6 Å². The van der Waals surface area contributed by atoms with Crippen molar-refractivity contribution in [1.29, 1.82) is 0 Å². The fourth-order valence-electron chi connectivity index (χ4n) is 3.28. The van der Waals surface area contributed by atoms with Crippen LogP contribution in [0.4, 0.5) is 0 Å². The molecule has 0 aromatic heterocycles. The highest BCUT2D eigenvalue weighted by molar-refractivity contribution is 5.97. The predicted octanol–water partition coefficient (Wildman–Crippen LogP) is 1.68. The second-order valence-corrected chi connectivity index (χ2v) is 7.58. The van der Waals surface area contributed by atoms with Gasteiger partial charge in [-0.3, -0.25) is 4.79 Å². The number of hydrogen-bond donors (Lipinski definition) is 1. The van der Waals surface area contributed by atoms with E-state index in [2.05, 4.69) is 10.5 Å². The van der Waals surface area contributed by atoms with Crippen molar-refractivity contribution in [1.82, 2.24) is 5.43 Å². The zero-order chi connectivity index (χ0) is 18.3. The molecule has 0 aliphatic carbocycles. The number of carbonyl (C=O) groups excluding carboxylic acids is 1. The number of nitrogens with zero attached hydrogens (tertiary/aromatic N) is 1. The summed E-state index contributed by atoms with van der Waals surface area (Å²) in [7, 11) is 0. The van der Waals surface area contributed by atoms with Crippen LogP contribution in [0.2, 0.25) is 0 Å². The van der Waals surface area contributed by atoms with E-state index in [9.17, 15) is 4.79 Å². The van der Waals surface area contributed by atoms with Crippen LogP contribution >= 0.6 is 0 Å². The molecule has 3 heterocycles. The molecule has 3 aliphatic rings. The molecule has 0 radical (unpaired) electrons. The Morgan fingerprint density at radius 3 is 2.60 bits per heavy atom. The van der Waals surface area contributed by atoms with Crippen LogP contribution in [0.15, 0.2) is 5.10 Å². The summed E-state index contributed by atoms with van der Waals surface area (Å²) in [5.74, 6) is -2.89. The van der Waals surface area contributed by atoms with E-state index in [0.29, 0.717) is 18.7 Å². The average molecular weight is 356 g/mol. The molecule has 1 amide bonds. The van der Waals surface area contributed by atoms with E-state index >= 15 is 0 Å². The van der Waals surface area contributed by atoms with Crippen LogP contribution in [0.1, 0.15) is 53.9 Å². The highest BCUT2D eigenvalue weighted by atomic mass is 16.8. The highest BCUT2D eigenvalue weighted by Gasteiger charge is 2.61. The van der Waals surface area contributed by atoms with Crippen molar-refractivity contribution in [3.63, 3.8) is 0 Å². The SMILES string of the molecule is CCCCC(=O)N/N=C1/[C@@H]2OC(C)(C)O[C@@H]2CO[C@@]12COC(C)(C)O2. The van der Waals surface area contributed by atoms with Gasteiger partial charge in [0.1, 0.15) is 24.5 Å². The van der Waals surface area contributed by atoms with Crippen molar-refractivity contribution in [3.8, 4) is 0 Å². The maximum absolute atomic E-state index is 12.0. The number of ether oxygens (including phenoxy) is 5. The standard InChI is InChI=1S/C17H28N2O6/c1-6-7-8-12(20)18-19-14-13-11(23-16(4,5)24-13)9-21-17(14)10-22-15(2,3)25-17/h11,13H,6-10H2,1-5H3,(H,18,20)/b19-14-/t11-,13-,17-/m1/s1.